The molecule has 100 valence electrons. The molecule has 0 amide bonds. The van der Waals surface area contributed by atoms with E-state index in [1.54, 1.807) is 0 Å². The number of benzene rings is 2. The normalized spacial score (nSPS) is 11.4. The van der Waals surface area contributed by atoms with E-state index in [2.05, 4.69) is 86.2 Å². The van der Waals surface area contributed by atoms with Crippen molar-refractivity contribution >= 4 is 18.9 Å². The fraction of sp³-hybridized carbons (Fsp3) is 0.294. The first-order valence-electron chi connectivity index (χ1n) is 6.82. The average molecular weight is 269 g/mol. The van der Waals surface area contributed by atoms with Crippen molar-refractivity contribution in [3.8, 4) is 0 Å². The molecule has 1 nitrogen and oxygen atoms in total. The third-order valence-electron chi connectivity index (χ3n) is 3.44. The van der Waals surface area contributed by atoms with E-state index in [0.29, 0.717) is 0 Å². The van der Waals surface area contributed by atoms with E-state index in [4.69, 9.17) is 0 Å². The number of rotatable bonds is 4. The van der Waals surface area contributed by atoms with E-state index in [1.807, 2.05) is 0 Å². The molecule has 0 saturated carbocycles. The molecule has 0 radical (unpaired) electrons. The summed E-state index contributed by atoms with van der Waals surface area (Å²) in [6, 6.07) is 19.7. The molecule has 0 aliphatic carbocycles. The van der Waals surface area contributed by atoms with Gasteiger partial charge in [0.15, 0.2) is 0 Å². The van der Waals surface area contributed by atoms with Crippen LogP contribution < -0.4 is 10.1 Å². The van der Waals surface area contributed by atoms with E-state index < -0.39 is 8.07 Å². The molecule has 2 aromatic carbocycles. The SMILES string of the molecule is CN(Cc1ccc([Si](C)(C)C)cc1)c1ccccc1. The monoisotopic (exact) mass is 269 g/mol. The maximum atomic E-state index is 2.39. The van der Waals surface area contributed by atoms with Crippen LogP contribution in [0.3, 0.4) is 0 Å². The second-order valence-corrected chi connectivity index (χ2v) is 11.2. The summed E-state index contributed by atoms with van der Waals surface area (Å²) in [7, 11) is 0.967. The van der Waals surface area contributed by atoms with Gasteiger partial charge >= 0.3 is 0 Å². The van der Waals surface area contributed by atoms with E-state index >= 15 is 0 Å². The van der Waals surface area contributed by atoms with Crippen molar-refractivity contribution in [1.29, 1.82) is 0 Å². The Kier molecular flexibility index (Phi) is 4.10. The van der Waals surface area contributed by atoms with Crippen molar-refractivity contribution in [1.82, 2.24) is 0 Å². The third kappa shape index (κ3) is 3.71. The first-order chi connectivity index (χ1) is 8.97. The fourth-order valence-electron chi connectivity index (χ4n) is 2.16. The van der Waals surface area contributed by atoms with E-state index in [9.17, 15) is 0 Å². The second-order valence-electron chi connectivity index (χ2n) is 6.14. The van der Waals surface area contributed by atoms with Gasteiger partial charge in [-0.05, 0) is 17.7 Å². The molecule has 0 heterocycles. The summed E-state index contributed by atoms with van der Waals surface area (Å²) in [4.78, 5) is 2.28. The number of anilines is 1. The van der Waals surface area contributed by atoms with Crippen molar-refractivity contribution in [3.63, 3.8) is 0 Å². The van der Waals surface area contributed by atoms with Gasteiger partial charge in [0.2, 0.25) is 0 Å². The summed E-state index contributed by atoms with van der Waals surface area (Å²) in [6.07, 6.45) is 0. The first-order valence-corrected chi connectivity index (χ1v) is 10.3. The van der Waals surface area contributed by atoms with Crippen molar-refractivity contribution < 1.29 is 0 Å². The van der Waals surface area contributed by atoms with Crippen LogP contribution in [-0.4, -0.2) is 15.1 Å². The summed E-state index contributed by atoms with van der Waals surface area (Å²) in [5.74, 6) is 0. The minimum absolute atomic E-state index is 0.954. The zero-order chi connectivity index (χ0) is 13.9. The van der Waals surface area contributed by atoms with Crippen molar-refractivity contribution in [2.24, 2.45) is 0 Å². The topological polar surface area (TPSA) is 3.24 Å². The Balaban J connectivity index is 2.08. The highest BCUT2D eigenvalue weighted by Gasteiger charge is 2.15. The number of para-hydroxylation sites is 1. The van der Waals surface area contributed by atoms with E-state index in [-0.39, 0.29) is 0 Å². The number of hydrogen-bond acceptors (Lipinski definition) is 1. The van der Waals surface area contributed by atoms with E-state index in [1.165, 1.54) is 16.4 Å². The lowest BCUT2D eigenvalue weighted by Crippen LogP contribution is -2.37. The molecule has 2 aromatic rings. The van der Waals surface area contributed by atoms with Crippen LogP contribution in [0.5, 0.6) is 0 Å². The molecule has 0 fully saturated rings. The number of nitrogens with zero attached hydrogens (tertiary/aromatic N) is 1. The second kappa shape index (κ2) is 5.62. The average Bonchev–Trinajstić information content (AvgIpc) is 2.39. The van der Waals surface area contributed by atoms with Crippen LogP contribution >= 0.6 is 0 Å². The molecular formula is C17H23NSi. The van der Waals surface area contributed by atoms with Crippen LogP contribution in [0.4, 0.5) is 5.69 Å². The summed E-state index contributed by atoms with van der Waals surface area (Å²) in [5.41, 5.74) is 2.63. The highest BCUT2D eigenvalue weighted by Crippen LogP contribution is 2.14. The predicted octanol–water partition coefficient (Wildman–Crippen LogP) is 3.87. The van der Waals surface area contributed by atoms with Crippen LogP contribution in [0.25, 0.3) is 0 Å². The minimum atomic E-state index is -1.17. The summed E-state index contributed by atoms with van der Waals surface area (Å²) in [5, 5.41) is 1.53. The van der Waals surface area contributed by atoms with Crippen molar-refractivity contribution in [3.05, 3.63) is 60.2 Å². The van der Waals surface area contributed by atoms with Gasteiger partial charge in [-0.1, -0.05) is 67.3 Å². The predicted molar refractivity (Wildman–Crippen MR) is 88.0 cm³/mol. The molecule has 0 spiro atoms. The van der Waals surface area contributed by atoms with Crippen LogP contribution in [0, 0.1) is 0 Å². The van der Waals surface area contributed by atoms with Crippen LogP contribution in [0.2, 0.25) is 19.6 Å². The van der Waals surface area contributed by atoms with Gasteiger partial charge in [0.1, 0.15) is 0 Å². The first kappa shape index (κ1) is 13.9. The Morgan fingerprint density at radius 3 is 1.95 bits per heavy atom. The molecular weight excluding hydrogens is 246 g/mol. The summed E-state index contributed by atoms with van der Waals surface area (Å²) in [6.45, 7) is 8.12. The van der Waals surface area contributed by atoms with Crippen LogP contribution in [-0.2, 0) is 6.54 Å². The Morgan fingerprint density at radius 2 is 1.42 bits per heavy atom. The smallest absolute Gasteiger partial charge is 0.0775 e. The lowest BCUT2D eigenvalue weighted by Gasteiger charge is -2.21. The van der Waals surface area contributed by atoms with Gasteiger partial charge in [0.25, 0.3) is 0 Å². The molecule has 0 N–H and O–H groups in total. The molecule has 0 saturated heterocycles. The Hall–Kier alpha value is -1.54. The van der Waals surface area contributed by atoms with Gasteiger partial charge in [-0.15, -0.1) is 0 Å². The van der Waals surface area contributed by atoms with Gasteiger partial charge < -0.3 is 4.90 Å². The fourth-order valence-corrected chi connectivity index (χ4v) is 3.32. The van der Waals surface area contributed by atoms with Crippen molar-refractivity contribution in [2.75, 3.05) is 11.9 Å². The molecule has 0 aliphatic heterocycles. The molecule has 0 atom stereocenters. The molecule has 2 rings (SSSR count). The molecule has 0 bridgehead atoms. The zero-order valence-electron chi connectivity index (χ0n) is 12.4. The third-order valence-corrected chi connectivity index (χ3v) is 5.50. The van der Waals surface area contributed by atoms with E-state index in [0.717, 1.165) is 6.54 Å². The molecule has 19 heavy (non-hydrogen) atoms. The van der Waals surface area contributed by atoms with Crippen LogP contribution in [0.1, 0.15) is 5.56 Å². The quantitative estimate of drug-likeness (QED) is 0.762. The maximum absolute atomic E-state index is 2.39. The summed E-state index contributed by atoms with van der Waals surface area (Å²) < 4.78 is 0. The molecule has 0 aromatic heterocycles. The Labute approximate surface area is 117 Å². The van der Waals surface area contributed by atoms with Gasteiger partial charge in [-0.25, -0.2) is 0 Å². The zero-order valence-corrected chi connectivity index (χ0v) is 13.4. The Bertz CT molecular complexity index is 511. The molecule has 2 heteroatoms. The summed E-state index contributed by atoms with van der Waals surface area (Å²) >= 11 is 0. The lowest BCUT2D eigenvalue weighted by molar-refractivity contribution is 0.923. The van der Waals surface area contributed by atoms with Gasteiger partial charge in [0, 0.05) is 19.3 Å². The van der Waals surface area contributed by atoms with Crippen LogP contribution in [0.15, 0.2) is 54.6 Å². The highest BCUT2D eigenvalue weighted by atomic mass is 28.3. The van der Waals surface area contributed by atoms with Gasteiger partial charge in [0.05, 0.1) is 8.07 Å². The highest BCUT2D eigenvalue weighted by molar-refractivity contribution is 6.88. The van der Waals surface area contributed by atoms with Crippen molar-refractivity contribution in [2.45, 2.75) is 26.2 Å². The number of hydrogen-bond donors (Lipinski definition) is 0. The largest absolute Gasteiger partial charge is 0.370 e. The molecule has 0 unspecified atom stereocenters. The van der Waals surface area contributed by atoms with Gasteiger partial charge in [-0.3, -0.25) is 0 Å². The molecule has 0 aliphatic rings. The van der Waals surface area contributed by atoms with Gasteiger partial charge in [-0.2, -0.15) is 0 Å². The lowest BCUT2D eigenvalue weighted by atomic mass is 10.2. The minimum Gasteiger partial charge on any atom is -0.370 e. The standard InChI is InChI=1S/C17H23NSi/c1-18(16-8-6-5-7-9-16)14-15-10-12-17(13-11-15)19(2,3)4/h5-13H,14H2,1-4H3. The Morgan fingerprint density at radius 1 is 0.842 bits per heavy atom. The maximum Gasteiger partial charge on any atom is 0.0775 e.